The lowest BCUT2D eigenvalue weighted by molar-refractivity contribution is -0.117. The van der Waals surface area contributed by atoms with Gasteiger partial charge in [0.05, 0.1) is 19.9 Å². The molecule has 4 rings (SSSR count). The van der Waals surface area contributed by atoms with Crippen molar-refractivity contribution in [1.29, 1.82) is 0 Å². The second-order valence-corrected chi connectivity index (χ2v) is 7.98. The fourth-order valence-electron chi connectivity index (χ4n) is 3.89. The lowest BCUT2D eigenvalue weighted by atomic mass is 10.1. The molecule has 1 aliphatic heterocycles. The number of aromatic nitrogens is 2. The van der Waals surface area contributed by atoms with E-state index in [0.717, 1.165) is 34.5 Å². The zero-order valence-corrected chi connectivity index (χ0v) is 18.3. The van der Waals surface area contributed by atoms with Crippen LogP contribution in [-0.4, -0.2) is 29.1 Å². The highest BCUT2D eigenvalue weighted by molar-refractivity contribution is 5.96. The van der Waals surface area contributed by atoms with E-state index < -0.39 is 5.56 Å². The summed E-state index contributed by atoms with van der Waals surface area (Å²) in [5.74, 6) is 0.164. The van der Waals surface area contributed by atoms with Gasteiger partial charge in [-0.3, -0.25) is 9.59 Å². The lowest BCUT2D eigenvalue weighted by Gasteiger charge is -2.20. The Morgan fingerprint density at radius 3 is 2.66 bits per heavy atom. The van der Waals surface area contributed by atoms with E-state index in [9.17, 15) is 14.0 Å². The molecule has 1 saturated heterocycles. The van der Waals surface area contributed by atoms with Crippen LogP contribution in [0.3, 0.4) is 0 Å². The number of ether oxygens (including phenoxy) is 1. The number of nitrogens with one attached hydrogen (secondary N) is 1. The summed E-state index contributed by atoms with van der Waals surface area (Å²) in [6.45, 7) is 4.73. The Kier molecular flexibility index (Phi) is 5.94. The van der Waals surface area contributed by atoms with Crippen LogP contribution in [0.5, 0.6) is 5.75 Å². The second kappa shape index (κ2) is 8.82. The molecule has 0 bridgehead atoms. The molecule has 0 radical (unpaired) electrons. The summed E-state index contributed by atoms with van der Waals surface area (Å²) in [6, 6.07) is 10.5. The number of methoxy groups -OCH3 is 1. The number of aryl methyl sites for hydroxylation is 2. The maximum Gasteiger partial charge on any atom is 0.316 e. The van der Waals surface area contributed by atoms with Crippen molar-refractivity contribution in [3.63, 3.8) is 0 Å². The van der Waals surface area contributed by atoms with Gasteiger partial charge in [0.25, 0.3) is 0 Å². The third kappa shape index (κ3) is 4.49. The quantitative estimate of drug-likeness (QED) is 0.634. The maximum atomic E-state index is 13.9. The van der Waals surface area contributed by atoms with Crippen molar-refractivity contribution in [3.8, 4) is 5.75 Å². The summed E-state index contributed by atoms with van der Waals surface area (Å²) in [5, 5.41) is 3.23. The van der Waals surface area contributed by atoms with Crippen LogP contribution in [0.1, 0.15) is 29.5 Å². The third-order valence-electron chi connectivity index (χ3n) is 5.49. The number of hydrogen-bond donors (Lipinski definition) is 1. The highest BCUT2D eigenvalue weighted by atomic mass is 19.1. The topological polar surface area (TPSA) is 76.5 Å². The molecular formula is C24H25FN4O3. The first-order chi connectivity index (χ1) is 15.3. The normalized spacial score (nSPS) is 13.5. The SMILES string of the molecule is COc1cn(Cc2cc(C)cc(F)c2)c(Nc2cc(N3CCCC3=O)ccc2C)nc1=O. The van der Waals surface area contributed by atoms with Gasteiger partial charge in [0.15, 0.2) is 0 Å². The standard InChI is InChI=1S/C24H25FN4O3/c1-15-9-17(11-18(25)10-15)13-28-14-21(32-3)23(31)27-24(28)26-20-12-19(7-6-16(20)2)29-8-4-5-22(29)30/h6-7,9-12,14H,4-5,8,13H2,1-3H3,(H,26,27,31). The molecule has 0 spiro atoms. The number of halogens is 1. The first-order valence-electron chi connectivity index (χ1n) is 10.4. The number of carbonyl (C=O) groups is 1. The smallest absolute Gasteiger partial charge is 0.316 e. The van der Waals surface area contributed by atoms with Gasteiger partial charge in [-0.1, -0.05) is 12.1 Å². The van der Waals surface area contributed by atoms with E-state index in [1.165, 1.54) is 19.2 Å². The molecule has 1 fully saturated rings. The summed E-state index contributed by atoms with van der Waals surface area (Å²) in [4.78, 5) is 30.5. The molecule has 1 aromatic heterocycles. The molecule has 0 atom stereocenters. The number of anilines is 3. The average molecular weight is 436 g/mol. The number of carbonyl (C=O) groups excluding carboxylic acids is 1. The van der Waals surface area contributed by atoms with Crippen molar-refractivity contribution < 1.29 is 13.9 Å². The van der Waals surface area contributed by atoms with Crippen LogP contribution in [0, 0.1) is 19.7 Å². The number of amides is 1. The lowest BCUT2D eigenvalue weighted by Crippen LogP contribution is -2.24. The highest BCUT2D eigenvalue weighted by Crippen LogP contribution is 2.28. The molecule has 7 nitrogen and oxygen atoms in total. The van der Waals surface area contributed by atoms with Gasteiger partial charge >= 0.3 is 5.56 Å². The van der Waals surface area contributed by atoms with Crippen LogP contribution >= 0.6 is 0 Å². The molecule has 3 aromatic rings. The summed E-state index contributed by atoms with van der Waals surface area (Å²) in [5.41, 5.74) is 3.47. The Balaban J connectivity index is 1.72. The van der Waals surface area contributed by atoms with E-state index in [4.69, 9.17) is 4.74 Å². The van der Waals surface area contributed by atoms with Crippen LogP contribution in [0.25, 0.3) is 0 Å². The minimum atomic E-state index is -0.509. The fourth-order valence-corrected chi connectivity index (χ4v) is 3.89. The Morgan fingerprint density at radius 1 is 1.16 bits per heavy atom. The molecule has 1 amide bonds. The largest absolute Gasteiger partial charge is 0.490 e. The van der Waals surface area contributed by atoms with Gasteiger partial charge < -0.3 is 19.5 Å². The van der Waals surface area contributed by atoms with Gasteiger partial charge in [0, 0.05) is 24.3 Å². The number of hydrogen-bond acceptors (Lipinski definition) is 5. The Labute approximate surface area is 185 Å². The predicted octanol–water partition coefficient (Wildman–Crippen LogP) is 3.93. The van der Waals surface area contributed by atoms with E-state index in [2.05, 4.69) is 10.3 Å². The van der Waals surface area contributed by atoms with Crippen molar-refractivity contribution in [2.45, 2.75) is 33.2 Å². The molecule has 32 heavy (non-hydrogen) atoms. The second-order valence-electron chi connectivity index (χ2n) is 7.98. The van der Waals surface area contributed by atoms with Gasteiger partial charge in [0.2, 0.25) is 17.6 Å². The molecule has 1 N–H and O–H groups in total. The minimum absolute atomic E-state index is 0.0943. The summed E-state index contributed by atoms with van der Waals surface area (Å²) < 4.78 is 20.8. The van der Waals surface area contributed by atoms with Gasteiger partial charge in [-0.15, -0.1) is 0 Å². The average Bonchev–Trinajstić information content (AvgIpc) is 3.16. The zero-order chi connectivity index (χ0) is 22.8. The van der Waals surface area contributed by atoms with Crippen LogP contribution in [0.15, 0.2) is 47.4 Å². The summed E-state index contributed by atoms with van der Waals surface area (Å²) in [7, 11) is 1.41. The van der Waals surface area contributed by atoms with Crippen molar-refractivity contribution in [1.82, 2.24) is 9.55 Å². The zero-order valence-electron chi connectivity index (χ0n) is 18.3. The molecule has 0 unspecified atom stereocenters. The minimum Gasteiger partial charge on any atom is -0.490 e. The fraction of sp³-hybridized carbons (Fsp3) is 0.292. The molecule has 0 saturated carbocycles. The van der Waals surface area contributed by atoms with Crippen LogP contribution in [0.2, 0.25) is 0 Å². The summed E-state index contributed by atoms with van der Waals surface area (Å²) in [6.07, 6.45) is 2.94. The van der Waals surface area contributed by atoms with E-state index in [1.54, 1.807) is 15.7 Å². The highest BCUT2D eigenvalue weighted by Gasteiger charge is 2.22. The third-order valence-corrected chi connectivity index (χ3v) is 5.49. The molecule has 166 valence electrons. The van der Waals surface area contributed by atoms with Gasteiger partial charge in [-0.2, -0.15) is 4.98 Å². The van der Waals surface area contributed by atoms with Crippen LogP contribution in [0.4, 0.5) is 21.7 Å². The first-order valence-corrected chi connectivity index (χ1v) is 10.4. The molecule has 2 aromatic carbocycles. The van der Waals surface area contributed by atoms with Crippen molar-refractivity contribution in [3.05, 3.63) is 75.5 Å². The summed E-state index contributed by atoms with van der Waals surface area (Å²) >= 11 is 0. The van der Waals surface area contributed by atoms with Crippen molar-refractivity contribution in [2.75, 3.05) is 23.9 Å². The molecule has 1 aliphatic rings. The van der Waals surface area contributed by atoms with Crippen molar-refractivity contribution in [2.24, 2.45) is 0 Å². The van der Waals surface area contributed by atoms with E-state index in [1.807, 2.05) is 38.1 Å². The predicted molar refractivity (Wildman–Crippen MR) is 121 cm³/mol. The van der Waals surface area contributed by atoms with E-state index in [-0.39, 0.29) is 24.0 Å². The number of benzene rings is 2. The van der Waals surface area contributed by atoms with Gasteiger partial charge in [-0.25, -0.2) is 4.39 Å². The monoisotopic (exact) mass is 436 g/mol. The van der Waals surface area contributed by atoms with Gasteiger partial charge in [-0.05, 0) is 61.2 Å². The molecule has 8 heteroatoms. The first kappa shape index (κ1) is 21.5. The molecule has 0 aliphatic carbocycles. The Hall–Kier alpha value is -3.68. The maximum absolute atomic E-state index is 13.9. The van der Waals surface area contributed by atoms with Crippen molar-refractivity contribution >= 4 is 23.2 Å². The number of rotatable bonds is 6. The molecular weight excluding hydrogens is 411 g/mol. The number of nitrogens with zero attached hydrogens (tertiary/aromatic N) is 3. The van der Waals surface area contributed by atoms with Crippen LogP contribution in [-0.2, 0) is 11.3 Å². The Morgan fingerprint density at radius 2 is 1.97 bits per heavy atom. The Bertz CT molecular complexity index is 1220. The molecule has 2 heterocycles. The van der Waals surface area contributed by atoms with Crippen LogP contribution < -0.4 is 20.5 Å². The van der Waals surface area contributed by atoms with Gasteiger partial charge in [0.1, 0.15) is 5.82 Å². The van der Waals surface area contributed by atoms with E-state index in [0.29, 0.717) is 18.9 Å². The van der Waals surface area contributed by atoms with E-state index >= 15 is 0 Å².